The summed E-state index contributed by atoms with van der Waals surface area (Å²) in [5.41, 5.74) is 1.95. The number of aromatic nitrogens is 2. The van der Waals surface area contributed by atoms with Gasteiger partial charge in [0.05, 0.1) is 11.3 Å². The first-order valence-electron chi connectivity index (χ1n) is 10.2. The SMILES string of the molecule is Cc1nc([C@@H]2CCN(C3CCCCC3)C2)ncc1C(=O)Nc1ccc(Cl)cc1. The van der Waals surface area contributed by atoms with Crippen LogP contribution in [-0.2, 0) is 0 Å². The van der Waals surface area contributed by atoms with Crippen molar-refractivity contribution in [3.63, 3.8) is 0 Å². The largest absolute Gasteiger partial charge is 0.322 e. The fourth-order valence-electron chi connectivity index (χ4n) is 4.41. The van der Waals surface area contributed by atoms with E-state index in [2.05, 4.69) is 15.2 Å². The number of likely N-dealkylation sites (tertiary alicyclic amines) is 1. The summed E-state index contributed by atoms with van der Waals surface area (Å²) in [7, 11) is 0. The van der Waals surface area contributed by atoms with Crippen molar-refractivity contribution in [3.05, 3.63) is 52.6 Å². The minimum atomic E-state index is -0.193. The van der Waals surface area contributed by atoms with Crippen molar-refractivity contribution >= 4 is 23.2 Å². The summed E-state index contributed by atoms with van der Waals surface area (Å²) >= 11 is 5.89. The van der Waals surface area contributed by atoms with Crippen LogP contribution in [0.2, 0.25) is 5.02 Å². The maximum atomic E-state index is 12.6. The van der Waals surface area contributed by atoms with Crippen LogP contribution in [0, 0.1) is 6.92 Å². The zero-order valence-electron chi connectivity index (χ0n) is 16.3. The highest BCUT2D eigenvalue weighted by molar-refractivity contribution is 6.30. The number of rotatable bonds is 4. The van der Waals surface area contributed by atoms with Crippen LogP contribution in [0.25, 0.3) is 0 Å². The first-order valence-corrected chi connectivity index (χ1v) is 10.6. The second-order valence-electron chi connectivity index (χ2n) is 7.96. The number of aryl methyl sites for hydroxylation is 1. The van der Waals surface area contributed by atoms with Crippen molar-refractivity contribution < 1.29 is 4.79 Å². The van der Waals surface area contributed by atoms with E-state index in [1.54, 1.807) is 30.5 Å². The Hall–Kier alpha value is -1.98. The average molecular weight is 399 g/mol. The highest BCUT2D eigenvalue weighted by atomic mass is 35.5. The van der Waals surface area contributed by atoms with Gasteiger partial charge in [-0.25, -0.2) is 9.97 Å². The second-order valence-corrected chi connectivity index (χ2v) is 8.40. The number of nitrogens with zero attached hydrogens (tertiary/aromatic N) is 3. The molecule has 1 aliphatic carbocycles. The molecule has 1 saturated carbocycles. The normalized spacial score (nSPS) is 21.0. The molecule has 5 nitrogen and oxygen atoms in total. The molecule has 148 valence electrons. The molecule has 2 aromatic rings. The van der Waals surface area contributed by atoms with Gasteiger partial charge in [-0.05, 0) is 57.0 Å². The molecule has 4 rings (SSSR count). The molecule has 0 unspecified atom stereocenters. The maximum absolute atomic E-state index is 12.6. The second kappa shape index (κ2) is 8.58. The van der Waals surface area contributed by atoms with Gasteiger partial charge in [0.15, 0.2) is 0 Å². The predicted molar refractivity (Wildman–Crippen MR) is 112 cm³/mol. The Kier molecular flexibility index (Phi) is 5.93. The molecular formula is C22H27ClN4O. The van der Waals surface area contributed by atoms with Crippen LogP contribution in [-0.4, -0.2) is 39.9 Å². The maximum Gasteiger partial charge on any atom is 0.259 e. The molecule has 6 heteroatoms. The summed E-state index contributed by atoms with van der Waals surface area (Å²) < 4.78 is 0. The summed E-state index contributed by atoms with van der Waals surface area (Å²) in [4.78, 5) is 24.5. The van der Waals surface area contributed by atoms with E-state index in [0.717, 1.165) is 37.1 Å². The van der Waals surface area contributed by atoms with Gasteiger partial charge in [0, 0.05) is 35.4 Å². The number of halogens is 1. The van der Waals surface area contributed by atoms with E-state index >= 15 is 0 Å². The standard InChI is InChI=1S/C22H27ClN4O/c1-15-20(22(28)26-18-9-7-17(23)8-10-18)13-24-21(25-15)16-11-12-27(14-16)19-5-3-2-4-6-19/h7-10,13,16,19H,2-6,11-12,14H2,1H3,(H,26,28)/t16-/m1/s1. The summed E-state index contributed by atoms with van der Waals surface area (Å²) in [6, 6.07) is 7.81. The van der Waals surface area contributed by atoms with E-state index in [-0.39, 0.29) is 5.91 Å². The molecule has 1 atom stereocenters. The molecule has 1 aliphatic heterocycles. The summed E-state index contributed by atoms with van der Waals surface area (Å²) in [5.74, 6) is 1.05. The molecule has 0 spiro atoms. The first kappa shape index (κ1) is 19.3. The van der Waals surface area contributed by atoms with E-state index in [1.165, 1.54) is 32.1 Å². The van der Waals surface area contributed by atoms with Crippen molar-refractivity contribution in [1.29, 1.82) is 0 Å². The third kappa shape index (κ3) is 4.36. The van der Waals surface area contributed by atoms with Gasteiger partial charge in [0.25, 0.3) is 5.91 Å². The number of benzene rings is 1. The summed E-state index contributed by atoms with van der Waals surface area (Å²) in [5, 5.41) is 3.52. The van der Waals surface area contributed by atoms with Gasteiger partial charge in [-0.15, -0.1) is 0 Å². The highest BCUT2D eigenvalue weighted by Crippen LogP contribution is 2.31. The smallest absolute Gasteiger partial charge is 0.259 e. The molecule has 2 heterocycles. The molecule has 1 amide bonds. The van der Waals surface area contributed by atoms with E-state index < -0.39 is 0 Å². The molecular weight excluding hydrogens is 372 g/mol. The predicted octanol–water partition coefficient (Wildman–Crippen LogP) is 4.81. The molecule has 1 aromatic heterocycles. The Labute approximate surface area is 171 Å². The highest BCUT2D eigenvalue weighted by Gasteiger charge is 2.31. The van der Waals surface area contributed by atoms with Gasteiger partial charge >= 0.3 is 0 Å². The van der Waals surface area contributed by atoms with Crippen molar-refractivity contribution in [2.24, 2.45) is 0 Å². The van der Waals surface area contributed by atoms with Gasteiger partial charge in [-0.2, -0.15) is 0 Å². The van der Waals surface area contributed by atoms with Crippen LogP contribution in [0.3, 0.4) is 0 Å². The minimum absolute atomic E-state index is 0.193. The van der Waals surface area contributed by atoms with Gasteiger partial charge in [0.1, 0.15) is 5.82 Å². The average Bonchev–Trinajstić information content (AvgIpc) is 3.20. The van der Waals surface area contributed by atoms with Crippen molar-refractivity contribution in [1.82, 2.24) is 14.9 Å². The van der Waals surface area contributed by atoms with Crippen LogP contribution in [0.15, 0.2) is 30.5 Å². The summed E-state index contributed by atoms with van der Waals surface area (Å²) in [6.45, 7) is 4.06. The van der Waals surface area contributed by atoms with E-state index in [1.807, 2.05) is 6.92 Å². The number of amides is 1. The van der Waals surface area contributed by atoms with Crippen molar-refractivity contribution in [2.45, 2.75) is 57.4 Å². The lowest BCUT2D eigenvalue weighted by Gasteiger charge is -2.30. The quantitative estimate of drug-likeness (QED) is 0.802. The number of nitrogens with one attached hydrogen (secondary N) is 1. The van der Waals surface area contributed by atoms with Gasteiger partial charge in [-0.3, -0.25) is 9.69 Å². The zero-order chi connectivity index (χ0) is 19.5. The number of carbonyl (C=O) groups excluding carboxylic acids is 1. The van der Waals surface area contributed by atoms with Gasteiger partial charge < -0.3 is 5.32 Å². The number of hydrogen-bond donors (Lipinski definition) is 1. The molecule has 28 heavy (non-hydrogen) atoms. The van der Waals surface area contributed by atoms with E-state index in [9.17, 15) is 4.79 Å². The number of carbonyl (C=O) groups is 1. The number of anilines is 1. The lowest BCUT2D eigenvalue weighted by molar-refractivity contribution is 0.102. The molecule has 0 radical (unpaired) electrons. The molecule has 2 aliphatic rings. The molecule has 1 aromatic carbocycles. The fraction of sp³-hybridized carbons (Fsp3) is 0.500. The van der Waals surface area contributed by atoms with Crippen molar-refractivity contribution in [3.8, 4) is 0 Å². The van der Waals surface area contributed by atoms with Crippen LogP contribution < -0.4 is 5.32 Å². The van der Waals surface area contributed by atoms with Crippen LogP contribution in [0.1, 0.15) is 66.3 Å². The van der Waals surface area contributed by atoms with E-state index in [0.29, 0.717) is 22.2 Å². The van der Waals surface area contributed by atoms with Crippen LogP contribution in [0.5, 0.6) is 0 Å². The molecule has 2 fully saturated rings. The number of hydrogen-bond acceptors (Lipinski definition) is 4. The van der Waals surface area contributed by atoms with E-state index in [4.69, 9.17) is 16.6 Å². The molecule has 1 saturated heterocycles. The third-order valence-electron chi connectivity index (χ3n) is 6.02. The van der Waals surface area contributed by atoms with Crippen LogP contribution in [0.4, 0.5) is 5.69 Å². The van der Waals surface area contributed by atoms with Gasteiger partial charge in [0.2, 0.25) is 0 Å². The first-order chi connectivity index (χ1) is 13.6. The lowest BCUT2D eigenvalue weighted by atomic mass is 9.94. The minimum Gasteiger partial charge on any atom is -0.322 e. The van der Waals surface area contributed by atoms with Crippen molar-refractivity contribution in [2.75, 3.05) is 18.4 Å². The fourth-order valence-corrected chi connectivity index (χ4v) is 4.54. The Morgan fingerprint density at radius 2 is 1.89 bits per heavy atom. The Morgan fingerprint density at radius 1 is 1.14 bits per heavy atom. The topological polar surface area (TPSA) is 58.1 Å². The summed E-state index contributed by atoms with van der Waals surface area (Å²) in [6.07, 6.45) is 9.54. The third-order valence-corrected chi connectivity index (χ3v) is 6.27. The van der Waals surface area contributed by atoms with Crippen LogP contribution >= 0.6 is 11.6 Å². The monoisotopic (exact) mass is 398 g/mol. The molecule has 0 bridgehead atoms. The lowest BCUT2D eigenvalue weighted by Crippen LogP contribution is -2.34. The molecule has 1 N–H and O–H groups in total. The van der Waals surface area contributed by atoms with Gasteiger partial charge in [-0.1, -0.05) is 30.9 Å². The Bertz CT molecular complexity index is 833. The Balaban J connectivity index is 1.41. The zero-order valence-corrected chi connectivity index (χ0v) is 17.1. The Morgan fingerprint density at radius 3 is 2.61 bits per heavy atom.